The van der Waals surface area contributed by atoms with E-state index in [1.165, 1.54) is 18.1 Å². The average Bonchev–Trinajstić information content (AvgIpc) is 2.66. The van der Waals surface area contributed by atoms with Crippen molar-refractivity contribution < 1.29 is 19.0 Å². The van der Waals surface area contributed by atoms with Crippen LogP contribution in [0.15, 0.2) is 48.5 Å². The van der Waals surface area contributed by atoms with Gasteiger partial charge in [-0.25, -0.2) is 0 Å². The van der Waals surface area contributed by atoms with Gasteiger partial charge in [0.1, 0.15) is 11.5 Å². The molecule has 26 heavy (non-hydrogen) atoms. The quantitative estimate of drug-likeness (QED) is 0.453. The van der Waals surface area contributed by atoms with E-state index in [0.29, 0.717) is 17.6 Å². The van der Waals surface area contributed by atoms with Gasteiger partial charge < -0.3 is 14.2 Å². The molecular formula is C22H28O4. The van der Waals surface area contributed by atoms with Crippen molar-refractivity contribution in [3.63, 3.8) is 0 Å². The molecule has 0 unspecified atom stereocenters. The third-order valence-electron chi connectivity index (χ3n) is 4.71. The van der Waals surface area contributed by atoms with Gasteiger partial charge in [-0.1, -0.05) is 38.1 Å². The number of carbonyl (C=O) groups excluding carboxylic acids is 1. The average molecular weight is 356 g/mol. The monoisotopic (exact) mass is 356 g/mol. The van der Waals surface area contributed by atoms with E-state index >= 15 is 0 Å². The second kappa shape index (κ2) is 9.85. The van der Waals surface area contributed by atoms with Crippen molar-refractivity contribution in [3.8, 4) is 11.5 Å². The first-order valence-corrected chi connectivity index (χ1v) is 9.09. The minimum Gasteiger partial charge on any atom is -0.497 e. The lowest BCUT2D eigenvalue weighted by Gasteiger charge is -2.26. The first-order chi connectivity index (χ1) is 12.6. The maximum Gasteiger partial charge on any atom is 0.305 e. The van der Waals surface area contributed by atoms with Gasteiger partial charge in [-0.2, -0.15) is 0 Å². The maximum absolute atomic E-state index is 10.8. The molecule has 0 saturated carbocycles. The van der Waals surface area contributed by atoms with Gasteiger partial charge in [-0.05, 0) is 60.1 Å². The van der Waals surface area contributed by atoms with Crippen LogP contribution in [0.1, 0.15) is 56.6 Å². The van der Waals surface area contributed by atoms with Crippen LogP contribution in [0.25, 0.3) is 0 Å². The Balaban J connectivity index is 2.12. The van der Waals surface area contributed by atoms with Gasteiger partial charge in [0.25, 0.3) is 0 Å². The molecule has 0 aromatic heterocycles. The molecule has 2 rings (SSSR count). The summed E-state index contributed by atoms with van der Waals surface area (Å²) in [6.45, 7) is 5.76. The van der Waals surface area contributed by atoms with Crippen molar-refractivity contribution in [1.29, 1.82) is 0 Å². The van der Waals surface area contributed by atoms with E-state index in [0.717, 1.165) is 18.6 Å². The number of hydrogen-bond acceptors (Lipinski definition) is 4. The van der Waals surface area contributed by atoms with Crippen LogP contribution in [0.2, 0.25) is 0 Å². The fourth-order valence-electron chi connectivity index (χ4n) is 3.35. The molecule has 2 atom stereocenters. The predicted molar refractivity (Wildman–Crippen MR) is 103 cm³/mol. The maximum atomic E-state index is 10.8. The highest BCUT2D eigenvalue weighted by Crippen LogP contribution is 2.38. The molecule has 0 N–H and O–H groups in total. The van der Waals surface area contributed by atoms with Crippen LogP contribution < -0.4 is 9.47 Å². The predicted octanol–water partition coefficient (Wildman–Crippen LogP) is 5.28. The normalized spacial score (nSPS) is 12.9. The van der Waals surface area contributed by atoms with E-state index in [1.807, 2.05) is 24.3 Å². The SMILES string of the molecule is CC[C@H](c1ccc(OC)cc1)[C@@H](CC)c1ccc(OCOC(C)=O)cc1. The molecule has 0 spiro atoms. The van der Waals surface area contributed by atoms with Crippen molar-refractivity contribution in [2.75, 3.05) is 13.9 Å². The number of rotatable bonds is 9. The third-order valence-corrected chi connectivity index (χ3v) is 4.71. The van der Waals surface area contributed by atoms with Gasteiger partial charge in [-0.15, -0.1) is 0 Å². The van der Waals surface area contributed by atoms with Gasteiger partial charge in [0, 0.05) is 6.92 Å². The zero-order valence-corrected chi connectivity index (χ0v) is 16.0. The molecule has 4 nitrogen and oxygen atoms in total. The lowest BCUT2D eigenvalue weighted by molar-refractivity contribution is -0.147. The summed E-state index contributed by atoms with van der Waals surface area (Å²) in [5.74, 6) is 2.10. The van der Waals surface area contributed by atoms with E-state index in [-0.39, 0.29) is 12.8 Å². The summed E-state index contributed by atoms with van der Waals surface area (Å²) in [7, 11) is 1.69. The summed E-state index contributed by atoms with van der Waals surface area (Å²) < 4.78 is 15.5. The molecule has 140 valence electrons. The van der Waals surface area contributed by atoms with Gasteiger partial charge >= 0.3 is 5.97 Å². The molecule has 0 saturated heterocycles. The molecule has 2 aromatic rings. The molecule has 0 aliphatic heterocycles. The highest BCUT2D eigenvalue weighted by atomic mass is 16.7. The van der Waals surface area contributed by atoms with Crippen LogP contribution in [-0.2, 0) is 9.53 Å². The van der Waals surface area contributed by atoms with Crippen LogP contribution in [0, 0.1) is 0 Å². The van der Waals surface area contributed by atoms with Crippen LogP contribution >= 0.6 is 0 Å². The first-order valence-electron chi connectivity index (χ1n) is 9.09. The molecule has 0 heterocycles. The van der Waals surface area contributed by atoms with Crippen LogP contribution in [0.3, 0.4) is 0 Å². The second-order valence-electron chi connectivity index (χ2n) is 6.27. The Morgan fingerprint density at radius 1 is 0.846 bits per heavy atom. The van der Waals surface area contributed by atoms with Crippen molar-refractivity contribution in [1.82, 2.24) is 0 Å². The highest BCUT2D eigenvalue weighted by molar-refractivity contribution is 5.65. The Hall–Kier alpha value is -2.49. The van der Waals surface area contributed by atoms with Crippen LogP contribution in [0.4, 0.5) is 0 Å². The fraction of sp³-hybridized carbons (Fsp3) is 0.409. The number of carbonyl (C=O) groups is 1. The summed E-state index contributed by atoms with van der Waals surface area (Å²) in [5.41, 5.74) is 2.62. The molecule has 0 radical (unpaired) electrons. The summed E-state index contributed by atoms with van der Waals surface area (Å²) in [6, 6.07) is 16.4. The van der Waals surface area contributed by atoms with Crippen LogP contribution in [0.5, 0.6) is 11.5 Å². The summed E-state index contributed by atoms with van der Waals surface area (Å²) in [6.07, 6.45) is 2.12. The van der Waals surface area contributed by atoms with E-state index in [9.17, 15) is 4.79 Å². The van der Waals surface area contributed by atoms with Crippen molar-refractivity contribution >= 4 is 5.97 Å². The molecule has 0 fully saturated rings. The van der Waals surface area contributed by atoms with Crippen molar-refractivity contribution in [2.45, 2.75) is 45.4 Å². The summed E-state index contributed by atoms with van der Waals surface area (Å²) >= 11 is 0. The number of hydrogen-bond donors (Lipinski definition) is 0. The first kappa shape index (κ1) is 19.8. The number of methoxy groups -OCH3 is 1. The lowest BCUT2D eigenvalue weighted by atomic mass is 9.78. The Morgan fingerprint density at radius 3 is 1.69 bits per heavy atom. The zero-order valence-electron chi connectivity index (χ0n) is 16.0. The number of benzene rings is 2. The molecule has 4 heteroatoms. The van der Waals surface area contributed by atoms with E-state index in [2.05, 4.69) is 38.1 Å². The van der Waals surface area contributed by atoms with Gasteiger partial charge in [0.15, 0.2) is 0 Å². The van der Waals surface area contributed by atoms with Gasteiger partial charge in [-0.3, -0.25) is 4.79 Å². The number of esters is 1. The van der Waals surface area contributed by atoms with Gasteiger partial charge in [0.05, 0.1) is 7.11 Å². The Kier molecular flexibility index (Phi) is 7.52. The highest BCUT2D eigenvalue weighted by Gasteiger charge is 2.22. The molecule has 0 aliphatic rings. The molecular weight excluding hydrogens is 328 g/mol. The van der Waals surface area contributed by atoms with E-state index < -0.39 is 0 Å². The van der Waals surface area contributed by atoms with E-state index in [1.54, 1.807) is 7.11 Å². The summed E-state index contributed by atoms with van der Waals surface area (Å²) in [4.78, 5) is 10.8. The minimum atomic E-state index is -0.349. The topological polar surface area (TPSA) is 44.8 Å². The summed E-state index contributed by atoms with van der Waals surface area (Å²) in [5, 5.41) is 0. The smallest absolute Gasteiger partial charge is 0.305 e. The molecule has 0 aliphatic carbocycles. The minimum absolute atomic E-state index is 0.0602. The number of ether oxygens (including phenoxy) is 3. The second-order valence-corrected chi connectivity index (χ2v) is 6.27. The largest absolute Gasteiger partial charge is 0.497 e. The van der Waals surface area contributed by atoms with Crippen LogP contribution in [-0.4, -0.2) is 19.9 Å². The third kappa shape index (κ3) is 5.25. The Labute approximate surface area is 156 Å². The Morgan fingerprint density at radius 2 is 1.31 bits per heavy atom. The Bertz CT molecular complexity index is 676. The lowest BCUT2D eigenvalue weighted by Crippen LogP contribution is -2.11. The van der Waals surface area contributed by atoms with Crippen molar-refractivity contribution in [3.05, 3.63) is 59.7 Å². The standard InChI is InChI=1S/C22H28O4/c1-5-21(17-7-11-19(24-4)12-8-17)22(6-2)18-9-13-20(14-10-18)26-15-25-16(3)23/h7-14,21-22H,5-6,15H2,1-4H3/t21-,22+/m1/s1. The fourth-order valence-corrected chi connectivity index (χ4v) is 3.35. The van der Waals surface area contributed by atoms with E-state index in [4.69, 9.17) is 14.2 Å². The van der Waals surface area contributed by atoms with Gasteiger partial charge in [0.2, 0.25) is 6.79 Å². The zero-order chi connectivity index (χ0) is 18.9. The molecule has 2 aromatic carbocycles. The molecule has 0 bridgehead atoms. The van der Waals surface area contributed by atoms with Crippen molar-refractivity contribution in [2.24, 2.45) is 0 Å². The molecule has 0 amide bonds.